The predicted molar refractivity (Wildman–Crippen MR) is 163 cm³/mol. The molecule has 1 aliphatic rings. The second-order valence-corrected chi connectivity index (χ2v) is 10.8. The van der Waals surface area contributed by atoms with Crippen LogP contribution in [-0.2, 0) is 9.59 Å². The fourth-order valence-corrected chi connectivity index (χ4v) is 5.69. The molecule has 1 atom stereocenters. The number of aliphatic hydroxyl groups is 1. The maximum absolute atomic E-state index is 13.7. The SMILES string of the molecule is CCN(CC)c1ccc(C2/C(=C(\O)c3cc(C(C)C)c(OC)cc3C)C(=O)C(=O)N2c2cc(C)cc(C)c2)cc1. The van der Waals surface area contributed by atoms with Gasteiger partial charge < -0.3 is 14.7 Å². The van der Waals surface area contributed by atoms with Crippen LogP contribution in [0.3, 0.4) is 0 Å². The van der Waals surface area contributed by atoms with E-state index in [-0.39, 0.29) is 17.3 Å². The molecule has 0 aliphatic carbocycles. The van der Waals surface area contributed by atoms with Crippen molar-refractivity contribution in [1.82, 2.24) is 0 Å². The molecule has 1 aliphatic heterocycles. The molecule has 3 aromatic rings. The molecule has 1 saturated heterocycles. The Bertz CT molecular complexity index is 1450. The van der Waals surface area contributed by atoms with E-state index in [1.165, 1.54) is 4.90 Å². The number of ether oxygens (including phenoxy) is 1. The smallest absolute Gasteiger partial charge is 0.300 e. The van der Waals surface area contributed by atoms with Crippen LogP contribution in [-0.4, -0.2) is 37.0 Å². The number of hydrogen-bond acceptors (Lipinski definition) is 5. The normalized spacial score (nSPS) is 16.6. The number of anilines is 2. The molecule has 4 rings (SSSR count). The van der Waals surface area contributed by atoms with Gasteiger partial charge in [0, 0.05) is 30.0 Å². The van der Waals surface area contributed by atoms with Crippen molar-refractivity contribution >= 4 is 28.8 Å². The number of ketones is 1. The molecule has 210 valence electrons. The van der Waals surface area contributed by atoms with Gasteiger partial charge in [0.2, 0.25) is 0 Å². The molecule has 1 unspecified atom stereocenters. The van der Waals surface area contributed by atoms with Gasteiger partial charge in [-0.1, -0.05) is 32.0 Å². The van der Waals surface area contributed by atoms with E-state index in [0.29, 0.717) is 11.3 Å². The second kappa shape index (κ2) is 11.6. The molecule has 0 bridgehead atoms. The van der Waals surface area contributed by atoms with E-state index in [2.05, 4.69) is 18.7 Å². The Morgan fingerprint density at radius 3 is 2.08 bits per heavy atom. The lowest BCUT2D eigenvalue weighted by molar-refractivity contribution is -0.132. The van der Waals surface area contributed by atoms with Gasteiger partial charge >= 0.3 is 0 Å². The van der Waals surface area contributed by atoms with Crippen molar-refractivity contribution in [3.05, 3.63) is 93.6 Å². The first-order chi connectivity index (χ1) is 19.0. The lowest BCUT2D eigenvalue weighted by Crippen LogP contribution is -2.29. The highest BCUT2D eigenvalue weighted by Gasteiger charge is 2.47. The number of hydrogen-bond donors (Lipinski definition) is 1. The van der Waals surface area contributed by atoms with E-state index in [1.807, 2.05) is 89.2 Å². The van der Waals surface area contributed by atoms with Crippen LogP contribution in [0, 0.1) is 20.8 Å². The molecule has 0 radical (unpaired) electrons. The molecule has 1 amide bonds. The van der Waals surface area contributed by atoms with Gasteiger partial charge in [0.1, 0.15) is 11.5 Å². The van der Waals surface area contributed by atoms with E-state index in [0.717, 1.165) is 52.3 Å². The second-order valence-electron chi connectivity index (χ2n) is 10.8. The number of carbonyl (C=O) groups is 2. The summed E-state index contributed by atoms with van der Waals surface area (Å²) in [6, 6.07) is 16.7. The Morgan fingerprint density at radius 2 is 1.55 bits per heavy atom. The van der Waals surface area contributed by atoms with E-state index < -0.39 is 17.7 Å². The van der Waals surface area contributed by atoms with Crippen molar-refractivity contribution in [2.24, 2.45) is 0 Å². The number of amides is 1. The average Bonchev–Trinajstić information content (AvgIpc) is 3.18. The molecule has 6 nitrogen and oxygen atoms in total. The first-order valence-corrected chi connectivity index (χ1v) is 13.9. The van der Waals surface area contributed by atoms with E-state index >= 15 is 0 Å². The Balaban J connectivity index is 1.98. The van der Waals surface area contributed by atoms with E-state index in [1.54, 1.807) is 7.11 Å². The zero-order valence-corrected chi connectivity index (χ0v) is 24.8. The minimum atomic E-state index is -0.782. The molecule has 6 heteroatoms. The number of Topliss-reactive ketones (excluding diaryl/α,β-unsaturated/α-hetero) is 1. The Morgan fingerprint density at radius 1 is 0.950 bits per heavy atom. The molecule has 0 spiro atoms. The zero-order chi connectivity index (χ0) is 29.3. The van der Waals surface area contributed by atoms with Crippen LogP contribution in [0.1, 0.15) is 73.0 Å². The predicted octanol–water partition coefficient (Wildman–Crippen LogP) is 7.22. The lowest BCUT2D eigenvalue weighted by Gasteiger charge is -2.27. The highest BCUT2D eigenvalue weighted by atomic mass is 16.5. The summed E-state index contributed by atoms with van der Waals surface area (Å²) >= 11 is 0. The third-order valence-electron chi connectivity index (χ3n) is 7.72. The number of carbonyl (C=O) groups excluding carboxylic acids is 2. The highest BCUT2D eigenvalue weighted by Crippen LogP contribution is 2.44. The number of methoxy groups -OCH3 is 1. The van der Waals surface area contributed by atoms with Gasteiger partial charge in [-0.15, -0.1) is 0 Å². The van der Waals surface area contributed by atoms with E-state index in [9.17, 15) is 14.7 Å². The summed E-state index contributed by atoms with van der Waals surface area (Å²) in [4.78, 5) is 31.2. The molecule has 0 saturated carbocycles. The summed E-state index contributed by atoms with van der Waals surface area (Å²) in [5.41, 5.74) is 6.70. The topological polar surface area (TPSA) is 70.1 Å². The number of nitrogens with zero attached hydrogens (tertiary/aromatic N) is 2. The Labute approximate surface area is 237 Å². The van der Waals surface area contributed by atoms with Crippen LogP contribution in [0.4, 0.5) is 11.4 Å². The summed E-state index contributed by atoms with van der Waals surface area (Å²) in [5, 5.41) is 11.8. The van der Waals surface area contributed by atoms with Gasteiger partial charge in [0.15, 0.2) is 0 Å². The van der Waals surface area contributed by atoms with Gasteiger partial charge in [0.25, 0.3) is 11.7 Å². The number of aliphatic hydroxyl groups excluding tert-OH is 1. The minimum Gasteiger partial charge on any atom is -0.507 e. The standard InChI is InChI=1S/C34H40N2O4/c1-9-35(10-2)25-13-11-24(12-14-25)31-30(32(37)28-19-27(20(3)4)29(40-8)18-23(28)7)33(38)34(39)36(31)26-16-21(5)15-22(6)17-26/h11-20,31,37H,9-10H2,1-8H3/b32-30+. The quantitative estimate of drug-likeness (QED) is 0.186. The maximum atomic E-state index is 13.7. The van der Waals surface area contributed by atoms with Crippen LogP contribution in [0.2, 0.25) is 0 Å². The van der Waals surface area contributed by atoms with Gasteiger partial charge in [-0.2, -0.15) is 0 Å². The molecule has 40 heavy (non-hydrogen) atoms. The minimum absolute atomic E-state index is 0.0859. The zero-order valence-electron chi connectivity index (χ0n) is 24.8. The van der Waals surface area contributed by atoms with Crippen LogP contribution in [0.15, 0.2) is 60.2 Å². The first kappa shape index (κ1) is 28.9. The summed E-state index contributed by atoms with van der Waals surface area (Å²) in [6.45, 7) is 15.8. The van der Waals surface area contributed by atoms with Crippen molar-refractivity contribution in [1.29, 1.82) is 0 Å². The summed E-state index contributed by atoms with van der Waals surface area (Å²) in [5.74, 6) is -0.674. The molecule has 1 fully saturated rings. The molecular formula is C34H40N2O4. The van der Waals surface area contributed by atoms with Crippen LogP contribution >= 0.6 is 0 Å². The van der Waals surface area contributed by atoms with Crippen LogP contribution in [0.5, 0.6) is 5.75 Å². The molecular weight excluding hydrogens is 500 g/mol. The first-order valence-electron chi connectivity index (χ1n) is 13.9. The summed E-state index contributed by atoms with van der Waals surface area (Å²) in [6.07, 6.45) is 0. The number of benzene rings is 3. The van der Waals surface area contributed by atoms with Crippen molar-refractivity contribution < 1.29 is 19.4 Å². The van der Waals surface area contributed by atoms with E-state index in [4.69, 9.17) is 4.74 Å². The van der Waals surface area contributed by atoms with Gasteiger partial charge in [-0.25, -0.2) is 0 Å². The number of rotatable bonds is 8. The highest BCUT2D eigenvalue weighted by molar-refractivity contribution is 6.51. The van der Waals surface area contributed by atoms with Crippen molar-refractivity contribution in [3.8, 4) is 5.75 Å². The summed E-state index contributed by atoms with van der Waals surface area (Å²) in [7, 11) is 1.62. The monoisotopic (exact) mass is 540 g/mol. The van der Waals surface area contributed by atoms with Crippen LogP contribution in [0.25, 0.3) is 5.76 Å². The Hall–Kier alpha value is -4.06. The average molecular weight is 541 g/mol. The largest absolute Gasteiger partial charge is 0.507 e. The summed E-state index contributed by atoms with van der Waals surface area (Å²) < 4.78 is 5.59. The van der Waals surface area contributed by atoms with Gasteiger partial charge in [-0.3, -0.25) is 14.5 Å². The lowest BCUT2D eigenvalue weighted by atomic mass is 9.91. The molecule has 1 N–H and O–H groups in total. The Kier molecular flexibility index (Phi) is 8.38. The third kappa shape index (κ3) is 5.23. The van der Waals surface area contributed by atoms with Crippen molar-refractivity contribution in [2.75, 3.05) is 30.0 Å². The molecule has 3 aromatic carbocycles. The fourth-order valence-electron chi connectivity index (χ4n) is 5.69. The number of aryl methyl sites for hydroxylation is 3. The fraction of sp³-hybridized carbons (Fsp3) is 0.353. The maximum Gasteiger partial charge on any atom is 0.300 e. The van der Waals surface area contributed by atoms with Gasteiger partial charge in [-0.05, 0) is 105 Å². The van der Waals surface area contributed by atoms with Gasteiger partial charge in [0.05, 0.1) is 18.7 Å². The van der Waals surface area contributed by atoms with Crippen molar-refractivity contribution in [2.45, 2.75) is 60.4 Å². The molecule has 1 heterocycles. The van der Waals surface area contributed by atoms with Crippen LogP contribution < -0.4 is 14.5 Å². The third-order valence-corrected chi connectivity index (χ3v) is 7.72. The van der Waals surface area contributed by atoms with Crippen molar-refractivity contribution in [3.63, 3.8) is 0 Å². The molecule has 0 aromatic heterocycles.